The number of rotatable bonds is 3. The number of carbonyl (C=O) groups is 1. The highest BCUT2D eigenvalue weighted by molar-refractivity contribution is 6.33. The molecule has 2 aromatic carbocycles. The number of aromatic nitrogens is 2. The Hall–Kier alpha value is -2.86. The molecule has 0 unspecified atom stereocenters. The number of hydrogen-bond donors (Lipinski definition) is 1. The Bertz CT molecular complexity index is 925. The van der Waals surface area contributed by atoms with Crippen LogP contribution in [0, 0.1) is 18.6 Å². The average Bonchev–Trinajstić information content (AvgIpc) is 2.58. The first-order chi connectivity index (χ1) is 12.0. The van der Waals surface area contributed by atoms with E-state index >= 15 is 0 Å². The van der Waals surface area contributed by atoms with Crippen LogP contribution in [0.15, 0.2) is 48.8 Å². The summed E-state index contributed by atoms with van der Waals surface area (Å²) < 4.78 is 27.2. The third kappa shape index (κ3) is 3.64. The summed E-state index contributed by atoms with van der Waals surface area (Å²) in [7, 11) is 0. The maximum atomic E-state index is 13.6. The zero-order valence-electron chi connectivity index (χ0n) is 13.1. The van der Waals surface area contributed by atoms with Crippen LogP contribution >= 0.6 is 11.6 Å². The van der Waals surface area contributed by atoms with Gasteiger partial charge in [-0.3, -0.25) is 4.79 Å². The van der Waals surface area contributed by atoms with E-state index in [1.165, 1.54) is 18.5 Å². The number of amides is 1. The number of hydrogen-bond acceptors (Lipinski definition) is 3. The third-order valence-electron chi connectivity index (χ3n) is 3.46. The molecule has 0 radical (unpaired) electrons. The van der Waals surface area contributed by atoms with E-state index in [1.807, 2.05) is 19.1 Å². The van der Waals surface area contributed by atoms with Gasteiger partial charge in [0, 0.05) is 5.56 Å². The Labute approximate surface area is 147 Å². The Morgan fingerprint density at radius 2 is 1.72 bits per heavy atom. The van der Waals surface area contributed by atoms with Crippen LogP contribution in [0.25, 0.3) is 11.4 Å². The van der Waals surface area contributed by atoms with Crippen LogP contribution in [-0.4, -0.2) is 15.9 Å². The van der Waals surface area contributed by atoms with E-state index in [4.69, 9.17) is 11.6 Å². The maximum absolute atomic E-state index is 13.6. The predicted octanol–water partition coefficient (Wildman–Crippen LogP) is 4.64. The Morgan fingerprint density at radius 3 is 2.36 bits per heavy atom. The number of nitrogens with one attached hydrogen (secondary N) is 1. The first kappa shape index (κ1) is 17.0. The zero-order valence-corrected chi connectivity index (χ0v) is 13.8. The van der Waals surface area contributed by atoms with Crippen LogP contribution in [0.1, 0.15) is 15.9 Å². The normalized spacial score (nSPS) is 10.6. The topological polar surface area (TPSA) is 54.9 Å². The minimum Gasteiger partial charge on any atom is -0.319 e. The van der Waals surface area contributed by atoms with Gasteiger partial charge in [0.2, 0.25) is 0 Å². The van der Waals surface area contributed by atoms with Crippen LogP contribution in [0.2, 0.25) is 5.02 Å². The molecule has 3 aromatic rings. The SMILES string of the molecule is Cc1ccc(Cl)c(-c2ncc(NC(=O)c3c(F)cccc3F)cn2)c1. The molecule has 0 aliphatic rings. The molecular formula is C18H12ClF2N3O. The van der Waals surface area contributed by atoms with Crippen LogP contribution in [0.3, 0.4) is 0 Å². The molecular weight excluding hydrogens is 348 g/mol. The van der Waals surface area contributed by atoms with Crippen molar-refractivity contribution in [1.82, 2.24) is 9.97 Å². The van der Waals surface area contributed by atoms with Crippen LogP contribution in [-0.2, 0) is 0 Å². The van der Waals surface area contributed by atoms with Crippen molar-refractivity contribution in [3.8, 4) is 11.4 Å². The fraction of sp³-hybridized carbons (Fsp3) is 0.0556. The lowest BCUT2D eigenvalue weighted by Gasteiger charge is -2.08. The monoisotopic (exact) mass is 359 g/mol. The van der Waals surface area contributed by atoms with Crippen LogP contribution in [0.5, 0.6) is 0 Å². The number of halogens is 3. The fourth-order valence-corrected chi connectivity index (χ4v) is 2.45. The summed E-state index contributed by atoms with van der Waals surface area (Å²) in [4.78, 5) is 20.3. The molecule has 1 aromatic heterocycles. The van der Waals surface area contributed by atoms with Gasteiger partial charge in [0.25, 0.3) is 5.91 Å². The van der Waals surface area contributed by atoms with Crippen molar-refractivity contribution in [1.29, 1.82) is 0 Å². The Balaban J connectivity index is 1.84. The third-order valence-corrected chi connectivity index (χ3v) is 3.79. The Kier molecular flexibility index (Phi) is 4.72. The zero-order chi connectivity index (χ0) is 18.0. The van der Waals surface area contributed by atoms with Gasteiger partial charge in [-0.05, 0) is 31.2 Å². The molecule has 3 rings (SSSR count). The second-order valence-electron chi connectivity index (χ2n) is 5.33. The molecule has 4 nitrogen and oxygen atoms in total. The first-order valence-electron chi connectivity index (χ1n) is 7.29. The molecule has 7 heteroatoms. The quantitative estimate of drug-likeness (QED) is 0.741. The van der Waals surface area contributed by atoms with Gasteiger partial charge in [-0.2, -0.15) is 0 Å². The summed E-state index contributed by atoms with van der Waals surface area (Å²) in [6.07, 6.45) is 2.69. The smallest absolute Gasteiger partial charge is 0.261 e. The molecule has 1 heterocycles. The molecule has 25 heavy (non-hydrogen) atoms. The highest BCUT2D eigenvalue weighted by Crippen LogP contribution is 2.26. The lowest BCUT2D eigenvalue weighted by molar-refractivity contribution is 0.101. The minimum absolute atomic E-state index is 0.208. The number of aryl methyl sites for hydroxylation is 1. The van der Waals surface area contributed by atoms with Crippen molar-refractivity contribution in [3.05, 3.63) is 76.6 Å². The summed E-state index contributed by atoms with van der Waals surface area (Å²) in [6.45, 7) is 1.91. The van der Waals surface area contributed by atoms with Gasteiger partial charge >= 0.3 is 0 Å². The molecule has 0 saturated heterocycles. The minimum atomic E-state index is -0.943. The second-order valence-corrected chi connectivity index (χ2v) is 5.74. The molecule has 1 N–H and O–H groups in total. The molecule has 0 bridgehead atoms. The van der Waals surface area contributed by atoms with Crippen molar-refractivity contribution in [2.24, 2.45) is 0 Å². The van der Waals surface area contributed by atoms with Gasteiger partial charge in [0.05, 0.1) is 23.1 Å². The van der Waals surface area contributed by atoms with Crippen LogP contribution in [0.4, 0.5) is 14.5 Å². The number of benzene rings is 2. The van der Waals surface area contributed by atoms with Gasteiger partial charge in [-0.15, -0.1) is 0 Å². The summed E-state index contributed by atoms with van der Waals surface area (Å²) in [5.74, 6) is -2.42. The van der Waals surface area contributed by atoms with Crippen molar-refractivity contribution in [2.75, 3.05) is 5.32 Å². The highest BCUT2D eigenvalue weighted by atomic mass is 35.5. The maximum Gasteiger partial charge on any atom is 0.261 e. The fourth-order valence-electron chi connectivity index (χ4n) is 2.25. The lowest BCUT2D eigenvalue weighted by Crippen LogP contribution is -2.16. The summed E-state index contributed by atoms with van der Waals surface area (Å²) in [6, 6.07) is 8.65. The van der Waals surface area contributed by atoms with Crippen LogP contribution < -0.4 is 5.32 Å². The van der Waals surface area contributed by atoms with E-state index in [0.29, 0.717) is 16.4 Å². The second kappa shape index (κ2) is 6.94. The molecule has 0 atom stereocenters. The standard InChI is InChI=1S/C18H12ClF2N3O/c1-10-5-6-13(19)12(7-10)17-22-8-11(9-23-17)24-18(25)16-14(20)3-2-4-15(16)21/h2-9H,1H3,(H,24,25). The summed E-state index contributed by atoms with van der Waals surface area (Å²) in [5.41, 5.74) is 1.20. The van der Waals surface area contributed by atoms with Gasteiger partial charge in [-0.1, -0.05) is 29.3 Å². The first-order valence-corrected chi connectivity index (χ1v) is 7.67. The van der Waals surface area contributed by atoms with E-state index in [-0.39, 0.29) is 5.69 Å². The number of anilines is 1. The van der Waals surface area contributed by atoms with Crippen molar-refractivity contribution in [3.63, 3.8) is 0 Å². The average molecular weight is 360 g/mol. The van der Waals surface area contributed by atoms with E-state index in [1.54, 1.807) is 6.07 Å². The molecule has 0 saturated carbocycles. The van der Waals surface area contributed by atoms with E-state index < -0.39 is 23.1 Å². The highest BCUT2D eigenvalue weighted by Gasteiger charge is 2.17. The largest absolute Gasteiger partial charge is 0.319 e. The van der Waals surface area contributed by atoms with Crippen molar-refractivity contribution >= 4 is 23.2 Å². The summed E-state index contributed by atoms with van der Waals surface area (Å²) >= 11 is 6.14. The van der Waals surface area contributed by atoms with Crippen molar-refractivity contribution in [2.45, 2.75) is 6.92 Å². The lowest BCUT2D eigenvalue weighted by atomic mass is 10.1. The van der Waals surface area contributed by atoms with Gasteiger partial charge in [-0.25, -0.2) is 18.7 Å². The van der Waals surface area contributed by atoms with E-state index in [9.17, 15) is 13.6 Å². The molecule has 0 spiro atoms. The van der Waals surface area contributed by atoms with Gasteiger partial charge < -0.3 is 5.32 Å². The van der Waals surface area contributed by atoms with Gasteiger partial charge in [0.15, 0.2) is 5.82 Å². The molecule has 1 amide bonds. The Morgan fingerprint density at radius 1 is 1.08 bits per heavy atom. The summed E-state index contributed by atoms with van der Waals surface area (Å²) in [5, 5.41) is 2.86. The van der Waals surface area contributed by atoms with E-state index in [0.717, 1.165) is 17.7 Å². The predicted molar refractivity (Wildman–Crippen MR) is 91.5 cm³/mol. The van der Waals surface area contributed by atoms with E-state index in [2.05, 4.69) is 15.3 Å². The molecule has 0 fully saturated rings. The van der Waals surface area contributed by atoms with Gasteiger partial charge in [0.1, 0.15) is 17.2 Å². The molecule has 126 valence electrons. The molecule has 0 aliphatic carbocycles. The van der Waals surface area contributed by atoms with Crippen molar-refractivity contribution < 1.29 is 13.6 Å². The number of carbonyl (C=O) groups excluding carboxylic acids is 1. The number of nitrogens with zero attached hydrogens (tertiary/aromatic N) is 2. The molecule has 0 aliphatic heterocycles.